The fraction of sp³-hybridized carbons (Fsp3) is 0.333. The lowest BCUT2D eigenvalue weighted by molar-refractivity contribution is 0.180. The number of benzene rings is 2. The molecule has 1 fully saturated rings. The van der Waals surface area contributed by atoms with Crippen molar-refractivity contribution in [3.63, 3.8) is 0 Å². The zero-order chi connectivity index (χ0) is 17.9. The predicted molar refractivity (Wildman–Crippen MR) is 104 cm³/mol. The second kappa shape index (κ2) is 7.30. The number of carbonyl (C=O) groups excluding carboxylic acids is 1. The van der Waals surface area contributed by atoms with Crippen LogP contribution >= 0.6 is 0 Å². The first-order valence-electron chi connectivity index (χ1n) is 9.20. The van der Waals surface area contributed by atoms with Gasteiger partial charge in [0.15, 0.2) is 0 Å². The molecule has 0 saturated carbocycles. The minimum Gasteiger partial charge on any atom is -0.337 e. The Bertz CT molecular complexity index is 897. The van der Waals surface area contributed by atoms with Gasteiger partial charge in [0.05, 0.1) is 11.0 Å². The van der Waals surface area contributed by atoms with Crippen molar-refractivity contribution in [2.45, 2.75) is 18.8 Å². The summed E-state index contributed by atoms with van der Waals surface area (Å²) in [5.74, 6) is 1.20. The molecule has 1 aromatic heterocycles. The van der Waals surface area contributed by atoms with E-state index in [1.165, 1.54) is 5.56 Å². The van der Waals surface area contributed by atoms with Crippen LogP contribution in [0.4, 0.5) is 4.79 Å². The molecule has 2 heterocycles. The standard InChI is InChI=1S/C21H24N4O/c1-24-14-17(15-24)20-23-18-11-5-6-12-19(18)25(20)21(26)22-13-7-10-16-8-3-2-4-9-16/h2-6,8-9,11-12,17H,7,10,13-15H2,1H3,(H,22,26). The number of nitrogens with zero attached hydrogens (tertiary/aromatic N) is 3. The number of amides is 1. The van der Waals surface area contributed by atoms with Crippen molar-refractivity contribution in [2.75, 3.05) is 26.7 Å². The van der Waals surface area contributed by atoms with Crippen molar-refractivity contribution in [3.05, 3.63) is 66.0 Å². The Hall–Kier alpha value is -2.66. The molecule has 0 bridgehead atoms. The summed E-state index contributed by atoms with van der Waals surface area (Å²) in [4.78, 5) is 19.9. The highest BCUT2D eigenvalue weighted by Crippen LogP contribution is 2.28. The molecule has 1 N–H and O–H groups in total. The Balaban J connectivity index is 1.46. The Morgan fingerprint density at radius 1 is 1.12 bits per heavy atom. The molecule has 1 aliphatic rings. The molecular weight excluding hydrogens is 324 g/mol. The van der Waals surface area contributed by atoms with Gasteiger partial charge in [0, 0.05) is 25.6 Å². The van der Waals surface area contributed by atoms with Crippen LogP contribution in [0.3, 0.4) is 0 Å². The predicted octanol–water partition coefficient (Wildman–Crippen LogP) is 3.26. The molecule has 26 heavy (non-hydrogen) atoms. The number of hydrogen-bond acceptors (Lipinski definition) is 3. The molecule has 3 aromatic rings. The minimum absolute atomic E-state index is 0.0729. The van der Waals surface area contributed by atoms with Gasteiger partial charge < -0.3 is 10.2 Å². The summed E-state index contributed by atoms with van der Waals surface area (Å²) >= 11 is 0. The molecule has 0 aliphatic carbocycles. The summed E-state index contributed by atoms with van der Waals surface area (Å²) in [5, 5.41) is 3.07. The first-order valence-corrected chi connectivity index (χ1v) is 9.20. The normalized spacial score (nSPS) is 15.1. The molecule has 2 aromatic carbocycles. The van der Waals surface area contributed by atoms with Crippen LogP contribution in [0.1, 0.15) is 23.7 Å². The van der Waals surface area contributed by atoms with Crippen LogP contribution in [0.25, 0.3) is 11.0 Å². The number of para-hydroxylation sites is 2. The number of fused-ring (bicyclic) bond motifs is 1. The number of imidazole rings is 1. The van der Waals surface area contributed by atoms with Crippen LogP contribution in [-0.4, -0.2) is 47.2 Å². The van der Waals surface area contributed by atoms with Crippen LogP contribution in [-0.2, 0) is 6.42 Å². The maximum absolute atomic E-state index is 12.9. The molecule has 1 saturated heterocycles. The number of aryl methyl sites for hydroxylation is 1. The third-order valence-corrected chi connectivity index (χ3v) is 4.98. The van der Waals surface area contributed by atoms with Gasteiger partial charge in [-0.15, -0.1) is 0 Å². The lowest BCUT2D eigenvalue weighted by atomic mass is 10.0. The summed E-state index contributed by atoms with van der Waals surface area (Å²) in [6.45, 7) is 2.56. The highest BCUT2D eigenvalue weighted by Gasteiger charge is 2.31. The van der Waals surface area contributed by atoms with Gasteiger partial charge in [0.1, 0.15) is 5.82 Å². The van der Waals surface area contributed by atoms with E-state index in [1.807, 2.05) is 42.5 Å². The van der Waals surface area contributed by atoms with Crippen molar-refractivity contribution in [1.29, 1.82) is 0 Å². The smallest absolute Gasteiger partial charge is 0.327 e. The summed E-state index contributed by atoms with van der Waals surface area (Å²) in [5.41, 5.74) is 3.07. The second-order valence-electron chi connectivity index (χ2n) is 7.03. The Labute approximate surface area is 153 Å². The summed E-state index contributed by atoms with van der Waals surface area (Å²) in [7, 11) is 2.09. The van der Waals surface area contributed by atoms with E-state index >= 15 is 0 Å². The van der Waals surface area contributed by atoms with E-state index in [1.54, 1.807) is 4.57 Å². The zero-order valence-corrected chi connectivity index (χ0v) is 15.1. The maximum Gasteiger partial charge on any atom is 0.327 e. The molecule has 0 unspecified atom stereocenters. The van der Waals surface area contributed by atoms with Crippen molar-refractivity contribution in [2.24, 2.45) is 0 Å². The number of likely N-dealkylation sites (N-methyl/N-ethyl adjacent to an activating group) is 1. The largest absolute Gasteiger partial charge is 0.337 e. The molecule has 0 spiro atoms. The summed E-state index contributed by atoms with van der Waals surface area (Å²) in [6.07, 6.45) is 1.88. The minimum atomic E-state index is -0.0729. The first kappa shape index (κ1) is 16.8. The number of carbonyl (C=O) groups is 1. The van der Waals surface area contributed by atoms with E-state index < -0.39 is 0 Å². The van der Waals surface area contributed by atoms with Gasteiger partial charge in [-0.3, -0.25) is 0 Å². The number of rotatable bonds is 5. The molecule has 0 atom stereocenters. The highest BCUT2D eigenvalue weighted by atomic mass is 16.2. The molecule has 5 nitrogen and oxygen atoms in total. The Morgan fingerprint density at radius 3 is 2.62 bits per heavy atom. The van der Waals surface area contributed by atoms with E-state index in [-0.39, 0.29) is 6.03 Å². The fourth-order valence-electron chi connectivity index (χ4n) is 3.61. The van der Waals surface area contributed by atoms with Gasteiger partial charge in [-0.2, -0.15) is 0 Å². The van der Waals surface area contributed by atoms with Crippen molar-refractivity contribution < 1.29 is 4.79 Å². The quantitative estimate of drug-likeness (QED) is 0.720. The van der Waals surface area contributed by atoms with Crippen molar-refractivity contribution >= 4 is 17.1 Å². The van der Waals surface area contributed by atoms with Crippen LogP contribution in [0.2, 0.25) is 0 Å². The molecule has 4 rings (SSSR count). The van der Waals surface area contributed by atoms with Gasteiger partial charge in [-0.1, -0.05) is 42.5 Å². The molecule has 1 amide bonds. The lowest BCUT2D eigenvalue weighted by Gasteiger charge is -2.35. The van der Waals surface area contributed by atoms with Crippen molar-refractivity contribution in [3.8, 4) is 0 Å². The average Bonchev–Trinajstić information content (AvgIpc) is 3.02. The Kier molecular flexibility index (Phi) is 4.71. The van der Waals surface area contributed by atoms with Crippen LogP contribution in [0.15, 0.2) is 54.6 Å². The third-order valence-electron chi connectivity index (χ3n) is 4.98. The van der Waals surface area contributed by atoms with E-state index in [4.69, 9.17) is 4.98 Å². The third kappa shape index (κ3) is 3.35. The number of likely N-dealkylation sites (tertiary alicyclic amines) is 1. The molecule has 5 heteroatoms. The SMILES string of the molecule is CN1CC(c2nc3ccccc3n2C(=O)NCCCc2ccccc2)C1. The van der Waals surface area contributed by atoms with E-state index in [9.17, 15) is 4.79 Å². The van der Waals surface area contributed by atoms with Crippen LogP contribution in [0, 0.1) is 0 Å². The summed E-state index contributed by atoms with van der Waals surface area (Å²) in [6, 6.07) is 18.2. The van der Waals surface area contributed by atoms with E-state index in [0.717, 1.165) is 42.8 Å². The van der Waals surface area contributed by atoms with Gasteiger partial charge in [-0.05, 0) is 37.6 Å². The van der Waals surface area contributed by atoms with Gasteiger partial charge >= 0.3 is 6.03 Å². The molecule has 0 radical (unpaired) electrons. The van der Waals surface area contributed by atoms with E-state index in [2.05, 4.69) is 29.4 Å². The van der Waals surface area contributed by atoms with E-state index in [0.29, 0.717) is 12.5 Å². The highest BCUT2D eigenvalue weighted by molar-refractivity contribution is 5.90. The number of nitrogens with one attached hydrogen (secondary N) is 1. The monoisotopic (exact) mass is 348 g/mol. The average molecular weight is 348 g/mol. The fourth-order valence-corrected chi connectivity index (χ4v) is 3.61. The topological polar surface area (TPSA) is 50.2 Å². The molecule has 1 aliphatic heterocycles. The van der Waals surface area contributed by atoms with Gasteiger partial charge in [-0.25, -0.2) is 14.3 Å². The van der Waals surface area contributed by atoms with Crippen LogP contribution in [0.5, 0.6) is 0 Å². The van der Waals surface area contributed by atoms with Crippen molar-refractivity contribution in [1.82, 2.24) is 19.8 Å². The number of aromatic nitrogens is 2. The lowest BCUT2D eigenvalue weighted by Crippen LogP contribution is -2.44. The summed E-state index contributed by atoms with van der Waals surface area (Å²) < 4.78 is 1.77. The van der Waals surface area contributed by atoms with Crippen LogP contribution < -0.4 is 5.32 Å². The second-order valence-corrected chi connectivity index (χ2v) is 7.03. The molecule has 134 valence electrons. The first-order chi connectivity index (χ1) is 12.7. The van der Waals surface area contributed by atoms with Gasteiger partial charge in [0.25, 0.3) is 0 Å². The Morgan fingerprint density at radius 2 is 1.85 bits per heavy atom. The number of hydrogen-bond donors (Lipinski definition) is 1. The maximum atomic E-state index is 12.9. The zero-order valence-electron chi connectivity index (χ0n) is 15.1. The molecular formula is C21H24N4O. The van der Waals surface area contributed by atoms with Gasteiger partial charge in [0.2, 0.25) is 0 Å².